The fourth-order valence-electron chi connectivity index (χ4n) is 2.76. The Kier molecular flexibility index (Phi) is 5.42. The highest BCUT2D eigenvalue weighted by Crippen LogP contribution is 2.24. The highest BCUT2D eigenvalue weighted by atomic mass is 32.2. The summed E-state index contributed by atoms with van der Waals surface area (Å²) in [5, 5.41) is 9.06. The molecule has 0 saturated carbocycles. The second-order valence-electron chi connectivity index (χ2n) is 5.70. The minimum Gasteiger partial charge on any atom is -0.461 e. The van der Waals surface area contributed by atoms with Crippen LogP contribution >= 0.6 is 11.8 Å². The second kappa shape index (κ2) is 7.73. The molecule has 1 fully saturated rings. The van der Waals surface area contributed by atoms with Gasteiger partial charge in [0, 0.05) is 39.6 Å². The van der Waals surface area contributed by atoms with Gasteiger partial charge in [0.25, 0.3) is 0 Å². The van der Waals surface area contributed by atoms with Crippen molar-refractivity contribution in [2.75, 3.05) is 31.9 Å². The van der Waals surface area contributed by atoms with E-state index in [1.54, 1.807) is 29.1 Å². The lowest BCUT2D eigenvalue weighted by atomic mass is 10.3. The Morgan fingerprint density at radius 3 is 2.52 bits per heavy atom. The van der Waals surface area contributed by atoms with Gasteiger partial charge in [-0.2, -0.15) is 0 Å². The predicted molar refractivity (Wildman–Crippen MR) is 93.0 cm³/mol. The summed E-state index contributed by atoms with van der Waals surface area (Å²) in [4.78, 5) is 27.3. The Labute approximate surface area is 150 Å². The molecule has 0 bridgehead atoms. The van der Waals surface area contributed by atoms with Crippen LogP contribution < -0.4 is 0 Å². The first-order chi connectivity index (χ1) is 12.1. The Morgan fingerprint density at radius 1 is 1.20 bits per heavy atom. The Balaban J connectivity index is 1.59. The van der Waals surface area contributed by atoms with Crippen molar-refractivity contribution in [1.82, 2.24) is 24.6 Å². The number of carbonyl (C=O) groups is 2. The highest BCUT2D eigenvalue weighted by molar-refractivity contribution is 7.99. The third-order valence-corrected chi connectivity index (χ3v) is 5.13. The first kappa shape index (κ1) is 17.5. The molecule has 0 radical (unpaired) electrons. The van der Waals surface area contributed by atoms with Gasteiger partial charge in [-0.05, 0) is 19.1 Å². The summed E-state index contributed by atoms with van der Waals surface area (Å²) in [6.07, 6.45) is 1.60. The molecule has 0 unspecified atom stereocenters. The summed E-state index contributed by atoms with van der Waals surface area (Å²) < 4.78 is 7.32. The van der Waals surface area contributed by atoms with Gasteiger partial charge in [-0.25, -0.2) is 0 Å². The summed E-state index contributed by atoms with van der Waals surface area (Å²) in [6.45, 7) is 6.61. The molecule has 3 rings (SSSR count). The molecule has 134 valence electrons. The molecule has 9 heteroatoms. The van der Waals surface area contributed by atoms with Gasteiger partial charge in [0.2, 0.25) is 11.8 Å². The van der Waals surface area contributed by atoms with Crippen molar-refractivity contribution in [3.05, 3.63) is 18.4 Å². The minimum atomic E-state index is 0.0541. The lowest BCUT2D eigenvalue weighted by Crippen LogP contribution is -2.50. The number of amides is 2. The summed E-state index contributed by atoms with van der Waals surface area (Å²) in [7, 11) is 0. The van der Waals surface area contributed by atoms with Gasteiger partial charge < -0.3 is 14.2 Å². The number of rotatable bonds is 5. The molecule has 1 aliphatic heterocycles. The highest BCUT2D eigenvalue weighted by Gasteiger charge is 2.23. The maximum Gasteiger partial charge on any atom is 0.233 e. The van der Waals surface area contributed by atoms with Crippen LogP contribution in [0.3, 0.4) is 0 Å². The van der Waals surface area contributed by atoms with E-state index in [2.05, 4.69) is 10.2 Å². The molecule has 0 aromatic carbocycles. The van der Waals surface area contributed by atoms with Gasteiger partial charge in [0.05, 0.1) is 12.0 Å². The Hall–Kier alpha value is -2.29. The zero-order valence-electron chi connectivity index (χ0n) is 14.3. The van der Waals surface area contributed by atoms with Crippen molar-refractivity contribution in [3.8, 4) is 11.6 Å². The maximum atomic E-state index is 12.4. The Bertz CT molecular complexity index is 735. The standard InChI is InChI=1S/C16H21N5O3S/c1-3-21-15(13-5-4-10-24-13)17-18-16(21)25-11-14(23)20-8-6-19(7-9-20)12(2)22/h4-5,10H,3,6-9,11H2,1-2H3. The molecular formula is C16H21N5O3S. The van der Waals surface area contributed by atoms with Gasteiger partial charge in [-0.15, -0.1) is 10.2 Å². The average molecular weight is 363 g/mol. The topological polar surface area (TPSA) is 84.5 Å². The van der Waals surface area contributed by atoms with E-state index < -0.39 is 0 Å². The minimum absolute atomic E-state index is 0.0541. The normalized spacial score (nSPS) is 14.8. The summed E-state index contributed by atoms with van der Waals surface area (Å²) in [5.41, 5.74) is 0. The number of furan rings is 1. The van der Waals surface area contributed by atoms with Crippen LogP contribution in [0.2, 0.25) is 0 Å². The molecular weight excluding hydrogens is 342 g/mol. The summed E-state index contributed by atoms with van der Waals surface area (Å²) >= 11 is 1.37. The Morgan fingerprint density at radius 2 is 1.92 bits per heavy atom. The first-order valence-electron chi connectivity index (χ1n) is 8.23. The third-order valence-electron chi connectivity index (χ3n) is 4.18. The molecule has 3 heterocycles. The number of thioether (sulfide) groups is 1. The fraction of sp³-hybridized carbons (Fsp3) is 0.500. The predicted octanol–water partition coefficient (Wildman–Crippen LogP) is 1.34. The van der Waals surface area contributed by atoms with Crippen molar-refractivity contribution < 1.29 is 14.0 Å². The first-order valence-corrected chi connectivity index (χ1v) is 9.22. The van der Waals surface area contributed by atoms with Gasteiger partial charge >= 0.3 is 0 Å². The number of piperazine rings is 1. The molecule has 1 saturated heterocycles. The van der Waals surface area contributed by atoms with Gasteiger partial charge in [-0.3, -0.25) is 14.2 Å². The second-order valence-corrected chi connectivity index (χ2v) is 6.65. The van der Waals surface area contributed by atoms with E-state index in [0.29, 0.717) is 55.2 Å². The van der Waals surface area contributed by atoms with Crippen LogP contribution in [-0.2, 0) is 16.1 Å². The molecule has 2 aromatic rings. The molecule has 0 aliphatic carbocycles. The van der Waals surface area contributed by atoms with Crippen LogP contribution in [0.15, 0.2) is 28.0 Å². The van der Waals surface area contributed by atoms with Crippen LogP contribution in [0.5, 0.6) is 0 Å². The zero-order valence-corrected chi connectivity index (χ0v) is 15.2. The SMILES string of the molecule is CCn1c(SCC(=O)N2CCN(C(C)=O)CC2)nnc1-c1ccco1. The van der Waals surface area contributed by atoms with Crippen molar-refractivity contribution >= 4 is 23.6 Å². The van der Waals surface area contributed by atoms with E-state index in [0.717, 1.165) is 0 Å². The average Bonchev–Trinajstić information content (AvgIpc) is 3.28. The van der Waals surface area contributed by atoms with Crippen molar-refractivity contribution in [3.63, 3.8) is 0 Å². The molecule has 2 aromatic heterocycles. The lowest BCUT2D eigenvalue weighted by Gasteiger charge is -2.34. The molecule has 0 spiro atoms. The van der Waals surface area contributed by atoms with E-state index in [-0.39, 0.29) is 11.8 Å². The zero-order chi connectivity index (χ0) is 17.8. The van der Waals surface area contributed by atoms with E-state index in [1.807, 2.05) is 17.6 Å². The van der Waals surface area contributed by atoms with Crippen LogP contribution in [0.1, 0.15) is 13.8 Å². The van der Waals surface area contributed by atoms with Gasteiger partial charge in [-0.1, -0.05) is 11.8 Å². The van der Waals surface area contributed by atoms with Crippen molar-refractivity contribution in [1.29, 1.82) is 0 Å². The number of hydrogen-bond donors (Lipinski definition) is 0. The summed E-state index contributed by atoms with van der Waals surface area (Å²) in [5.74, 6) is 1.74. The van der Waals surface area contributed by atoms with Gasteiger partial charge in [0.15, 0.2) is 16.7 Å². The molecule has 8 nitrogen and oxygen atoms in total. The van der Waals surface area contributed by atoms with Crippen molar-refractivity contribution in [2.24, 2.45) is 0 Å². The largest absolute Gasteiger partial charge is 0.461 e. The molecule has 0 N–H and O–H groups in total. The van der Waals surface area contributed by atoms with Crippen LogP contribution in [0.4, 0.5) is 0 Å². The number of carbonyl (C=O) groups excluding carboxylic acids is 2. The maximum absolute atomic E-state index is 12.4. The van der Waals surface area contributed by atoms with Crippen LogP contribution in [0.25, 0.3) is 11.6 Å². The molecule has 25 heavy (non-hydrogen) atoms. The molecule has 1 aliphatic rings. The number of nitrogens with zero attached hydrogens (tertiary/aromatic N) is 5. The lowest BCUT2D eigenvalue weighted by molar-refractivity contribution is -0.136. The van der Waals surface area contributed by atoms with E-state index in [9.17, 15) is 9.59 Å². The molecule has 0 atom stereocenters. The van der Waals surface area contributed by atoms with Crippen LogP contribution in [-0.4, -0.2) is 68.3 Å². The van der Waals surface area contributed by atoms with E-state index in [4.69, 9.17) is 4.42 Å². The third kappa shape index (κ3) is 3.87. The smallest absolute Gasteiger partial charge is 0.233 e. The summed E-state index contributed by atoms with van der Waals surface area (Å²) in [6, 6.07) is 3.64. The fourth-order valence-corrected chi connectivity index (χ4v) is 3.66. The number of aromatic nitrogens is 3. The van der Waals surface area contributed by atoms with E-state index >= 15 is 0 Å². The molecule has 2 amide bonds. The quantitative estimate of drug-likeness (QED) is 0.746. The van der Waals surface area contributed by atoms with E-state index in [1.165, 1.54) is 11.8 Å². The van der Waals surface area contributed by atoms with Crippen LogP contribution in [0, 0.1) is 0 Å². The van der Waals surface area contributed by atoms with Gasteiger partial charge in [0.1, 0.15) is 0 Å². The number of hydrogen-bond acceptors (Lipinski definition) is 6. The van der Waals surface area contributed by atoms with Crippen molar-refractivity contribution in [2.45, 2.75) is 25.5 Å². The monoisotopic (exact) mass is 363 g/mol.